The number of benzene rings is 2. The number of hydrogen-bond acceptors (Lipinski definition) is 5. The average Bonchev–Trinajstić information content (AvgIpc) is 3.22. The molecular formula is C23H27N3O3. The second-order valence-corrected chi connectivity index (χ2v) is 7.57. The highest BCUT2D eigenvalue weighted by Crippen LogP contribution is 2.30. The topological polar surface area (TPSA) is 67.6 Å². The van der Waals surface area contributed by atoms with Crippen LogP contribution in [0.25, 0.3) is 11.1 Å². The number of carbonyl (C=O) groups excluding carboxylic acids is 1. The Balaban J connectivity index is 1.28. The Morgan fingerprint density at radius 2 is 1.93 bits per heavy atom. The van der Waals surface area contributed by atoms with Crippen molar-refractivity contribution in [3.05, 3.63) is 60.0 Å². The molecule has 0 spiro atoms. The van der Waals surface area contributed by atoms with Crippen LogP contribution < -0.4 is 10.1 Å². The highest BCUT2D eigenvalue weighted by Gasteiger charge is 2.29. The Morgan fingerprint density at radius 1 is 1.21 bits per heavy atom. The molecule has 1 aromatic heterocycles. The number of oxazole rings is 1. The molecule has 1 N–H and O–H groups in total. The summed E-state index contributed by atoms with van der Waals surface area (Å²) in [6.07, 6.45) is 1.89. The van der Waals surface area contributed by atoms with E-state index in [-0.39, 0.29) is 11.9 Å². The van der Waals surface area contributed by atoms with E-state index < -0.39 is 0 Å². The molecule has 1 amide bonds. The number of likely N-dealkylation sites (tertiary alicyclic amines) is 1. The van der Waals surface area contributed by atoms with Crippen molar-refractivity contribution in [1.29, 1.82) is 0 Å². The molecule has 6 nitrogen and oxygen atoms in total. The maximum Gasteiger partial charge on any atom is 0.237 e. The molecule has 152 valence electrons. The van der Waals surface area contributed by atoms with Gasteiger partial charge in [-0.2, -0.15) is 0 Å². The fourth-order valence-electron chi connectivity index (χ4n) is 3.84. The van der Waals surface area contributed by atoms with Crippen molar-refractivity contribution < 1.29 is 13.9 Å². The number of carbonyl (C=O) groups is 1. The summed E-state index contributed by atoms with van der Waals surface area (Å²) in [6, 6.07) is 15.5. The number of hydrogen-bond donors (Lipinski definition) is 1. The SMILES string of the molecule is COc1ccc(CNC(=O)[C@H](C)N2CCC(c3nc4ccccc4o3)CC2)cc1. The van der Waals surface area contributed by atoms with E-state index in [1.807, 2.05) is 55.5 Å². The Bertz CT molecular complexity index is 926. The summed E-state index contributed by atoms with van der Waals surface area (Å²) < 4.78 is 11.1. The summed E-state index contributed by atoms with van der Waals surface area (Å²) in [5.41, 5.74) is 2.81. The van der Waals surface area contributed by atoms with Gasteiger partial charge in [0.2, 0.25) is 5.91 Å². The zero-order chi connectivity index (χ0) is 20.2. The molecule has 3 aromatic rings. The van der Waals surface area contributed by atoms with Crippen LogP contribution in [0.3, 0.4) is 0 Å². The first-order chi connectivity index (χ1) is 14.1. The Hall–Kier alpha value is -2.86. The second kappa shape index (κ2) is 8.66. The molecule has 1 aliphatic rings. The summed E-state index contributed by atoms with van der Waals surface area (Å²) >= 11 is 0. The van der Waals surface area contributed by atoms with Gasteiger partial charge >= 0.3 is 0 Å². The number of rotatable bonds is 6. The minimum atomic E-state index is -0.155. The fraction of sp³-hybridized carbons (Fsp3) is 0.391. The van der Waals surface area contributed by atoms with Gasteiger partial charge in [0.1, 0.15) is 11.3 Å². The number of aromatic nitrogens is 1. The Kier molecular flexibility index (Phi) is 5.81. The average molecular weight is 393 g/mol. The molecule has 0 radical (unpaired) electrons. The monoisotopic (exact) mass is 393 g/mol. The van der Waals surface area contributed by atoms with E-state index in [2.05, 4.69) is 15.2 Å². The summed E-state index contributed by atoms with van der Waals surface area (Å²) in [6.45, 7) is 4.22. The quantitative estimate of drug-likeness (QED) is 0.691. The first-order valence-corrected chi connectivity index (χ1v) is 10.1. The van der Waals surface area contributed by atoms with E-state index in [1.54, 1.807) is 7.11 Å². The van der Waals surface area contributed by atoms with E-state index >= 15 is 0 Å². The zero-order valence-corrected chi connectivity index (χ0v) is 16.9. The molecular weight excluding hydrogens is 366 g/mol. The van der Waals surface area contributed by atoms with Crippen LogP contribution in [-0.4, -0.2) is 42.0 Å². The first kappa shape index (κ1) is 19.5. The largest absolute Gasteiger partial charge is 0.497 e. The van der Waals surface area contributed by atoms with Gasteiger partial charge in [-0.3, -0.25) is 9.69 Å². The normalized spacial score (nSPS) is 16.6. The van der Waals surface area contributed by atoms with Crippen molar-refractivity contribution in [2.75, 3.05) is 20.2 Å². The number of methoxy groups -OCH3 is 1. The van der Waals surface area contributed by atoms with Crippen molar-refractivity contribution in [2.24, 2.45) is 0 Å². The third-order valence-electron chi connectivity index (χ3n) is 5.74. The van der Waals surface area contributed by atoms with Crippen LogP contribution in [0.4, 0.5) is 0 Å². The van der Waals surface area contributed by atoms with Crippen LogP contribution >= 0.6 is 0 Å². The fourth-order valence-corrected chi connectivity index (χ4v) is 3.84. The van der Waals surface area contributed by atoms with Gasteiger partial charge in [0.05, 0.1) is 13.2 Å². The summed E-state index contributed by atoms with van der Waals surface area (Å²) in [5.74, 6) is 2.01. The van der Waals surface area contributed by atoms with Gasteiger partial charge in [0.15, 0.2) is 11.5 Å². The molecule has 0 saturated carbocycles. The van der Waals surface area contributed by atoms with E-state index in [0.29, 0.717) is 12.5 Å². The highest BCUT2D eigenvalue weighted by atomic mass is 16.5. The number of nitrogens with zero attached hydrogens (tertiary/aromatic N) is 2. The standard InChI is InChI=1S/C23H27N3O3/c1-16(22(27)24-15-17-7-9-19(28-2)10-8-17)26-13-11-18(12-14-26)23-25-20-5-3-4-6-21(20)29-23/h3-10,16,18H,11-15H2,1-2H3,(H,24,27)/t16-/m0/s1. The molecule has 1 fully saturated rings. The molecule has 1 atom stereocenters. The summed E-state index contributed by atoms with van der Waals surface area (Å²) in [5, 5.41) is 3.04. The molecule has 2 heterocycles. The van der Waals surface area contributed by atoms with Crippen LogP contribution in [-0.2, 0) is 11.3 Å². The van der Waals surface area contributed by atoms with Crippen molar-refractivity contribution in [3.63, 3.8) is 0 Å². The maximum absolute atomic E-state index is 12.6. The minimum absolute atomic E-state index is 0.0566. The molecule has 0 aliphatic carbocycles. The molecule has 0 bridgehead atoms. The van der Waals surface area contributed by atoms with Crippen LogP contribution in [0.2, 0.25) is 0 Å². The number of amides is 1. The van der Waals surface area contributed by atoms with Gasteiger partial charge in [-0.05, 0) is 62.7 Å². The first-order valence-electron chi connectivity index (χ1n) is 10.1. The number of ether oxygens (including phenoxy) is 1. The van der Waals surface area contributed by atoms with Gasteiger partial charge in [-0.1, -0.05) is 24.3 Å². The zero-order valence-electron chi connectivity index (χ0n) is 16.9. The third-order valence-corrected chi connectivity index (χ3v) is 5.74. The van der Waals surface area contributed by atoms with Gasteiger partial charge in [0, 0.05) is 12.5 Å². The van der Waals surface area contributed by atoms with E-state index in [9.17, 15) is 4.79 Å². The highest BCUT2D eigenvalue weighted by molar-refractivity contribution is 5.81. The maximum atomic E-state index is 12.6. The molecule has 29 heavy (non-hydrogen) atoms. The van der Waals surface area contributed by atoms with Gasteiger partial charge in [0.25, 0.3) is 0 Å². The lowest BCUT2D eigenvalue weighted by atomic mass is 9.95. The van der Waals surface area contributed by atoms with Crippen LogP contribution in [0.1, 0.15) is 37.1 Å². The number of nitrogens with one attached hydrogen (secondary N) is 1. The number of piperidine rings is 1. The van der Waals surface area contributed by atoms with Crippen molar-refractivity contribution in [1.82, 2.24) is 15.2 Å². The minimum Gasteiger partial charge on any atom is -0.497 e. The van der Waals surface area contributed by atoms with Crippen LogP contribution in [0.5, 0.6) is 5.75 Å². The molecule has 2 aromatic carbocycles. The van der Waals surface area contributed by atoms with Crippen molar-refractivity contribution in [2.45, 2.75) is 38.3 Å². The number of para-hydroxylation sites is 2. The van der Waals surface area contributed by atoms with E-state index in [1.165, 1.54) is 0 Å². The molecule has 4 rings (SSSR count). The second-order valence-electron chi connectivity index (χ2n) is 7.57. The molecule has 1 aliphatic heterocycles. The summed E-state index contributed by atoms with van der Waals surface area (Å²) in [4.78, 5) is 19.5. The van der Waals surface area contributed by atoms with Crippen molar-refractivity contribution >= 4 is 17.0 Å². The smallest absolute Gasteiger partial charge is 0.237 e. The third kappa shape index (κ3) is 4.43. The Labute approximate surface area is 170 Å². The van der Waals surface area contributed by atoms with Gasteiger partial charge < -0.3 is 14.5 Å². The van der Waals surface area contributed by atoms with Gasteiger partial charge in [-0.25, -0.2) is 4.98 Å². The van der Waals surface area contributed by atoms with Crippen LogP contribution in [0.15, 0.2) is 52.9 Å². The number of fused-ring (bicyclic) bond motifs is 1. The summed E-state index contributed by atoms with van der Waals surface area (Å²) in [7, 11) is 1.64. The predicted molar refractivity (Wildman–Crippen MR) is 112 cm³/mol. The lowest BCUT2D eigenvalue weighted by molar-refractivity contribution is -0.126. The van der Waals surface area contributed by atoms with Crippen molar-refractivity contribution in [3.8, 4) is 5.75 Å². The predicted octanol–water partition coefficient (Wildman–Crippen LogP) is 3.72. The van der Waals surface area contributed by atoms with E-state index in [0.717, 1.165) is 54.2 Å². The lowest BCUT2D eigenvalue weighted by Gasteiger charge is -2.34. The van der Waals surface area contributed by atoms with E-state index in [4.69, 9.17) is 9.15 Å². The molecule has 0 unspecified atom stereocenters. The molecule has 6 heteroatoms. The van der Waals surface area contributed by atoms with Crippen LogP contribution in [0, 0.1) is 0 Å². The Morgan fingerprint density at radius 3 is 2.62 bits per heavy atom. The molecule has 1 saturated heterocycles. The lowest BCUT2D eigenvalue weighted by Crippen LogP contribution is -2.47. The van der Waals surface area contributed by atoms with Gasteiger partial charge in [-0.15, -0.1) is 0 Å².